The Balaban J connectivity index is 1.61. The Morgan fingerprint density at radius 1 is 1.27 bits per heavy atom. The Bertz CT molecular complexity index is 1030. The Morgan fingerprint density at radius 2 is 2.10 bits per heavy atom. The third-order valence-electron chi connectivity index (χ3n) is 4.81. The lowest BCUT2D eigenvalue weighted by atomic mass is 10.0. The van der Waals surface area contributed by atoms with Crippen LogP contribution in [-0.4, -0.2) is 26.5 Å². The number of fused-ring (bicyclic) bond motifs is 1. The van der Waals surface area contributed by atoms with Gasteiger partial charge in [0.25, 0.3) is 0 Å². The van der Waals surface area contributed by atoms with Crippen molar-refractivity contribution >= 4 is 23.7 Å². The quantitative estimate of drug-likeness (QED) is 0.316. The molecule has 0 bridgehead atoms. The average Bonchev–Trinajstić information content (AvgIpc) is 3.42. The summed E-state index contributed by atoms with van der Waals surface area (Å²) in [5, 5.41) is 8.53. The highest BCUT2D eigenvalue weighted by Crippen LogP contribution is 2.37. The van der Waals surface area contributed by atoms with Crippen molar-refractivity contribution < 1.29 is 13.9 Å². The van der Waals surface area contributed by atoms with Crippen molar-refractivity contribution in [3.63, 3.8) is 0 Å². The fourth-order valence-electron chi connectivity index (χ4n) is 3.28. The van der Waals surface area contributed by atoms with Gasteiger partial charge < -0.3 is 14.5 Å². The first kappa shape index (κ1) is 20.3. The number of nitrogens with one attached hydrogen (secondary N) is 1. The van der Waals surface area contributed by atoms with Gasteiger partial charge in [0, 0.05) is 11.4 Å². The zero-order valence-electron chi connectivity index (χ0n) is 17.0. The average molecular weight is 425 g/mol. The molecule has 0 saturated heterocycles. The molecule has 0 fully saturated rings. The second-order valence-corrected chi connectivity index (χ2v) is 8.07. The number of thioether (sulfide) groups is 1. The van der Waals surface area contributed by atoms with E-state index >= 15 is 0 Å². The van der Waals surface area contributed by atoms with E-state index < -0.39 is 12.0 Å². The SMILES string of the molecule is CCCCSc1nc2n(n1)C(c1ccco1)C(C(=O)OCc1ccccc1)=C(C)N2. The molecule has 3 heterocycles. The van der Waals surface area contributed by atoms with Gasteiger partial charge in [0.15, 0.2) is 0 Å². The fraction of sp³-hybridized carbons (Fsp3) is 0.318. The molecule has 0 amide bonds. The monoisotopic (exact) mass is 424 g/mol. The summed E-state index contributed by atoms with van der Waals surface area (Å²) in [5.41, 5.74) is 2.07. The van der Waals surface area contributed by atoms with Gasteiger partial charge in [-0.3, -0.25) is 0 Å². The summed E-state index contributed by atoms with van der Waals surface area (Å²) >= 11 is 1.61. The summed E-state index contributed by atoms with van der Waals surface area (Å²) in [6.07, 6.45) is 3.80. The molecule has 30 heavy (non-hydrogen) atoms. The highest BCUT2D eigenvalue weighted by atomic mass is 32.2. The van der Waals surface area contributed by atoms with Gasteiger partial charge in [0.05, 0.1) is 11.8 Å². The van der Waals surface area contributed by atoms with Gasteiger partial charge in [-0.2, -0.15) is 4.98 Å². The number of aromatic nitrogens is 3. The third-order valence-corrected chi connectivity index (χ3v) is 5.73. The van der Waals surface area contributed by atoms with Crippen molar-refractivity contribution in [2.45, 2.75) is 44.5 Å². The number of hydrogen-bond donors (Lipinski definition) is 1. The molecule has 1 atom stereocenters. The normalized spacial score (nSPS) is 15.6. The molecule has 7 nitrogen and oxygen atoms in total. The van der Waals surface area contributed by atoms with Crippen LogP contribution < -0.4 is 5.32 Å². The molecular weight excluding hydrogens is 400 g/mol. The lowest BCUT2D eigenvalue weighted by Gasteiger charge is -2.26. The minimum Gasteiger partial charge on any atom is -0.467 e. The molecule has 8 heteroatoms. The highest BCUT2D eigenvalue weighted by Gasteiger charge is 2.36. The Hall–Kier alpha value is -3.00. The van der Waals surface area contributed by atoms with Gasteiger partial charge >= 0.3 is 5.97 Å². The van der Waals surface area contributed by atoms with E-state index in [0.29, 0.717) is 28.1 Å². The van der Waals surface area contributed by atoms with Crippen LogP contribution in [0.4, 0.5) is 5.95 Å². The number of ether oxygens (including phenoxy) is 1. The Kier molecular flexibility index (Phi) is 6.23. The van der Waals surface area contributed by atoms with Crippen LogP contribution in [0.15, 0.2) is 69.6 Å². The highest BCUT2D eigenvalue weighted by molar-refractivity contribution is 7.99. The molecule has 1 N–H and O–H groups in total. The molecule has 0 saturated carbocycles. The molecule has 0 aliphatic carbocycles. The van der Waals surface area contributed by atoms with Crippen LogP contribution in [0.2, 0.25) is 0 Å². The minimum atomic E-state index is -0.535. The van der Waals surface area contributed by atoms with E-state index in [1.807, 2.05) is 43.3 Å². The number of anilines is 1. The van der Waals surface area contributed by atoms with Crippen molar-refractivity contribution in [3.05, 3.63) is 71.3 Å². The van der Waals surface area contributed by atoms with E-state index in [1.54, 1.807) is 28.8 Å². The maximum Gasteiger partial charge on any atom is 0.338 e. The molecule has 1 aromatic carbocycles. The van der Waals surface area contributed by atoms with Crippen molar-refractivity contribution in [1.29, 1.82) is 0 Å². The summed E-state index contributed by atoms with van der Waals surface area (Å²) < 4.78 is 13.0. The summed E-state index contributed by atoms with van der Waals surface area (Å²) in [6, 6.07) is 12.7. The number of rotatable bonds is 8. The smallest absolute Gasteiger partial charge is 0.338 e. The predicted molar refractivity (Wildman–Crippen MR) is 115 cm³/mol. The van der Waals surface area contributed by atoms with Crippen LogP contribution in [0.5, 0.6) is 0 Å². The minimum absolute atomic E-state index is 0.198. The standard InChI is InChI=1S/C22H24N4O3S/c1-3-4-13-30-22-24-21-23-15(2)18(19(26(21)25-22)17-11-8-12-28-17)20(27)29-14-16-9-6-5-7-10-16/h5-12,19H,3-4,13-14H2,1-2H3,(H,23,24,25). The van der Waals surface area contributed by atoms with Crippen molar-refractivity contribution in [2.24, 2.45) is 0 Å². The molecule has 156 valence electrons. The number of hydrogen-bond acceptors (Lipinski definition) is 7. The predicted octanol–water partition coefficient (Wildman–Crippen LogP) is 4.80. The number of furan rings is 1. The molecule has 1 aliphatic rings. The first-order chi connectivity index (χ1) is 14.7. The lowest BCUT2D eigenvalue weighted by molar-refractivity contribution is -0.140. The summed E-state index contributed by atoms with van der Waals surface area (Å²) in [7, 11) is 0. The molecule has 1 aliphatic heterocycles. The van der Waals surface area contributed by atoms with Crippen LogP contribution in [0, 0.1) is 0 Å². The van der Waals surface area contributed by atoms with Crippen LogP contribution in [0.1, 0.15) is 44.1 Å². The topological polar surface area (TPSA) is 82.2 Å². The van der Waals surface area contributed by atoms with E-state index in [1.165, 1.54) is 0 Å². The van der Waals surface area contributed by atoms with Gasteiger partial charge in [0.1, 0.15) is 18.4 Å². The maximum absolute atomic E-state index is 13.1. The number of esters is 1. The van der Waals surface area contributed by atoms with Crippen LogP contribution in [-0.2, 0) is 16.1 Å². The molecule has 0 radical (unpaired) electrons. The van der Waals surface area contributed by atoms with E-state index in [2.05, 4.69) is 22.3 Å². The van der Waals surface area contributed by atoms with Crippen molar-refractivity contribution in [2.75, 3.05) is 11.1 Å². The third kappa shape index (κ3) is 4.28. The first-order valence-corrected chi connectivity index (χ1v) is 11.0. The molecular formula is C22H24N4O3S. The summed E-state index contributed by atoms with van der Waals surface area (Å²) in [5.74, 6) is 1.74. The van der Waals surface area contributed by atoms with Crippen LogP contribution >= 0.6 is 11.8 Å². The van der Waals surface area contributed by atoms with Crippen LogP contribution in [0.25, 0.3) is 0 Å². The number of carbonyl (C=O) groups is 1. The van der Waals surface area contributed by atoms with E-state index in [4.69, 9.17) is 9.15 Å². The Labute approximate surface area is 179 Å². The molecule has 4 rings (SSSR count). The molecule has 3 aromatic rings. The number of benzene rings is 1. The summed E-state index contributed by atoms with van der Waals surface area (Å²) in [6.45, 7) is 4.20. The van der Waals surface area contributed by atoms with Gasteiger partial charge in [0.2, 0.25) is 11.1 Å². The van der Waals surface area contributed by atoms with Gasteiger partial charge in [-0.05, 0) is 31.0 Å². The zero-order chi connectivity index (χ0) is 20.9. The van der Waals surface area contributed by atoms with E-state index in [0.717, 1.165) is 24.2 Å². The molecule has 0 spiro atoms. The van der Waals surface area contributed by atoms with Crippen LogP contribution in [0.3, 0.4) is 0 Å². The van der Waals surface area contributed by atoms with Crippen molar-refractivity contribution in [3.8, 4) is 0 Å². The second-order valence-electron chi connectivity index (χ2n) is 7.01. The number of unbranched alkanes of at least 4 members (excludes halogenated alkanes) is 1. The van der Waals surface area contributed by atoms with Gasteiger partial charge in [-0.1, -0.05) is 55.4 Å². The van der Waals surface area contributed by atoms with E-state index in [9.17, 15) is 4.79 Å². The molecule has 2 aromatic heterocycles. The van der Waals surface area contributed by atoms with Gasteiger partial charge in [-0.25, -0.2) is 9.48 Å². The van der Waals surface area contributed by atoms with Crippen molar-refractivity contribution in [1.82, 2.24) is 14.8 Å². The maximum atomic E-state index is 13.1. The van der Waals surface area contributed by atoms with E-state index in [-0.39, 0.29) is 6.61 Å². The largest absolute Gasteiger partial charge is 0.467 e. The number of allylic oxidation sites excluding steroid dienone is 1. The lowest BCUT2D eigenvalue weighted by Crippen LogP contribution is -2.29. The van der Waals surface area contributed by atoms with Gasteiger partial charge in [-0.15, -0.1) is 5.10 Å². The second kappa shape index (κ2) is 9.21. The number of nitrogens with zero attached hydrogens (tertiary/aromatic N) is 3. The Morgan fingerprint density at radius 3 is 2.83 bits per heavy atom. The number of carbonyl (C=O) groups excluding carboxylic acids is 1. The fourth-order valence-corrected chi connectivity index (χ4v) is 4.19. The first-order valence-electron chi connectivity index (χ1n) is 9.99. The zero-order valence-corrected chi connectivity index (χ0v) is 17.8. The molecule has 1 unspecified atom stereocenters. The summed E-state index contributed by atoms with van der Waals surface area (Å²) in [4.78, 5) is 17.7.